The molecule has 0 aliphatic rings. The van der Waals surface area contributed by atoms with E-state index >= 15 is 0 Å². The third kappa shape index (κ3) is 4.03. The molecule has 0 heterocycles. The van der Waals surface area contributed by atoms with E-state index < -0.39 is 11.7 Å². The van der Waals surface area contributed by atoms with Gasteiger partial charge in [-0.05, 0) is 31.2 Å². The fourth-order valence-electron chi connectivity index (χ4n) is 2.04. The van der Waals surface area contributed by atoms with Crippen LogP contribution < -0.4 is 10.6 Å². The molecule has 0 radical (unpaired) electrons. The van der Waals surface area contributed by atoms with Crippen LogP contribution in [0.2, 0.25) is 0 Å². The molecule has 0 spiro atoms. The van der Waals surface area contributed by atoms with Crippen molar-refractivity contribution in [3.8, 4) is 0 Å². The maximum Gasteiger partial charge on any atom is 0.253 e. The number of hydrogen-bond acceptors (Lipinski definition) is 2. The standard InChI is InChI=1S/C18H17FN2O2/c1-12(11-13-7-3-5-9-15(13)19)17(22)21-16-10-6-4-8-14(16)18(23)20-2/h3-11H,1-2H3,(H,20,23)(H,21,22)/b12-11+. The third-order valence-electron chi connectivity index (χ3n) is 3.28. The van der Waals surface area contributed by atoms with Crippen molar-refractivity contribution in [3.05, 3.63) is 71.0 Å². The van der Waals surface area contributed by atoms with E-state index in [0.717, 1.165) is 0 Å². The molecule has 0 fully saturated rings. The van der Waals surface area contributed by atoms with E-state index in [1.54, 1.807) is 49.4 Å². The number of para-hydroxylation sites is 1. The van der Waals surface area contributed by atoms with Gasteiger partial charge in [-0.15, -0.1) is 0 Å². The number of amides is 2. The fraction of sp³-hybridized carbons (Fsp3) is 0.111. The van der Waals surface area contributed by atoms with Crippen LogP contribution in [-0.4, -0.2) is 18.9 Å². The normalized spacial score (nSPS) is 11.0. The summed E-state index contributed by atoms with van der Waals surface area (Å²) in [6, 6.07) is 12.9. The summed E-state index contributed by atoms with van der Waals surface area (Å²) < 4.78 is 13.6. The van der Waals surface area contributed by atoms with Gasteiger partial charge in [-0.25, -0.2) is 4.39 Å². The molecule has 0 aliphatic carbocycles. The Balaban J connectivity index is 2.23. The minimum atomic E-state index is -0.399. The van der Waals surface area contributed by atoms with Crippen LogP contribution in [0.3, 0.4) is 0 Å². The number of nitrogens with one attached hydrogen (secondary N) is 2. The Bertz CT molecular complexity index is 769. The molecule has 0 unspecified atom stereocenters. The highest BCUT2D eigenvalue weighted by molar-refractivity contribution is 6.10. The average Bonchev–Trinajstić information content (AvgIpc) is 2.56. The largest absolute Gasteiger partial charge is 0.355 e. The predicted octanol–water partition coefficient (Wildman–Crippen LogP) is 3.23. The molecule has 2 N–H and O–H groups in total. The zero-order chi connectivity index (χ0) is 16.8. The summed E-state index contributed by atoms with van der Waals surface area (Å²) in [4.78, 5) is 24.1. The lowest BCUT2D eigenvalue weighted by molar-refractivity contribution is -0.112. The number of benzene rings is 2. The molecule has 0 saturated heterocycles. The fourth-order valence-corrected chi connectivity index (χ4v) is 2.04. The summed E-state index contributed by atoms with van der Waals surface area (Å²) in [5.74, 6) is -1.09. The van der Waals surface area contributed by atoms with Gasteiger partial charge in [0.25, 0.3) is 11.8 Å². The number of anilines is 1. The molecule has 2 aromatic carbocycles. The zero-order valence-electron chi connectivity index (χ0n) is 12.9. The maximum atomic E-state index is 13.6. The quantitative estimate of drug-likeness (QED) is 0.852. The highest BCUT2D eigenvalue weighted by Gasteiger charge is 2.13. The molecule has 118 valence electrons. The van der Waals surface area contributed by atoms with E-state index in [1.807, 2.05) is 0 Å². The van der Waals surface area contributed by atoms with Gasteiger partial charge in [0.05, 0.1) is 11.3 Å². The summed E-state index contributed by atoms with van der Waals surface area (Å²) in [5.41, 5.74) is 1.43. The summed E-state index contributed by atoms with van der Waals surface area (Å²) in [6.07, 6.45) is 1.47. The average molecular weight is 312 g/mol. The molecule has 2 aromatic rings. The summed E-state index contributed by atoms with van der Waals surface area (Å²) in [7, 11) is 1.52. The molecule has 2 rings (SSSR count). The van der Waals surface area contributed by atoms with Gasteiger partial charge in [0.2, 0.25) is 0 Å². The second-order valence-corrected chi connectivity index (χ2v) is 4.93. The topological polar surface area (TPSA) is 58.2 Å². The van der Waals surface area contributed by atoms with Crippen molar-refractivity contribution in [1.82, 2.24) is 5.32 Å². The number of hydrogen-bond donors (Lipinski definition) is 2. The van der Waals surface area contributed by atoms with Crippen LogP contribution >= 0.6 is 0 Å². The Hall–Kier alpha value is -2.95. The zero-order valence-corrected chi connectivity index (χ0v) is 12.9. The van der Waals surface area contributed by atoms with Crippen molar-refractivity contribution in [3.63, 3.8) is 0 Å². The molecule has 0 aliphatic heterocycles. The second-order valence-electron chi connectivity index (χ2n) is 4.93. The monoisotopic (exact) mass is 312 g/mol. The predicted molar refractivity (Wildman–Crippen MR) is 88.5 cm³/mol. The third-order valence-corrected chi connectivity index (χ3v) is 3.28. The van der Waals surface area contributed by atoms with Crippen molar-refractivity contribution in [2.45, 2.75) is 6.92 Å². The second kappa shape index (κ2) is 7.35. The van der Waals surface area contributed by atoms with E-state index in [2.05, 4.69) is 10.6 Å². The van der Waals surface area contributed by atoms with E-state index in [0.29, 0.717) is 22.4 Å². The van der Waals surface area contributed by atoms with Crippen molar-refractivity contribution < 1.29 is 14.0 Å². The Labute approximate surface area is 134 Å². The van der Waals surface area contributed by atoms with E-state index in [9.17, 15) is 14.0 Å². The molecule has 0 saturated carbocycles. The maximum absolute atomic E-state index is 13.6. The van der Waals surface area contributed by atoms with Gasteiger partial charge < -0.3 is 10.6 Å². The lowest BCUT2D eigenvalue weighted by atomic mass is 10.1. The molecular weight excluding hydrogens is 295 g/mol. The summed E-state index contributed by atoms with van der Waals surface area (Å²) in [6.45, 7) is 1.59. The van der Waals surface area contributed by atoms with Crippen molar-refractivity contribution in [2.75, 3.05) is 12.4 Å². The molecule has 4 nitrogen and oxygen atoms in total. The van der Waals surface area contributed by atoms with Gasteiger partial charge >= 0.3 is 0 Å². The van der Waals surface area contributed by atoms with Gasteiger partial charge in [0, 0.05) is 18.2 Å². The number of carbonyl (C=O) groups excluding carboxylic acids is 2. The van der Waals surface area contributed by atoms with Crippen molar-refractivity contribution in [2.24, 2.45) is 0 Å². The lowest BCUT2D eigenvalue weighted by Crippen LogP contribution is -2.21. The SMILES string of the molecule is CNC(=O)c1ccccc1NC(=O)/C(C)=C/c1ccccc1F. The van der Waals surface area contributed by atoms with Gasteiger partial charge in [0.15, 0.2) is 0 Å². The molecule has 0 aromatic heterocycles. The molecule has 0 atom stereocenters. The first-order chi connectivity index (χ1) is 11.0. The minimum Gasteiger partial charge on any atom is -0.355 e. The van der Waals surface area contributed by atoms with Crippen LogP contribution in [0.25, 0.3) is 6.08 Å². The van der Waals surface area contributed by atoms with E-state index in [-0.39, 0.29) is 5.91 Å². The Morgan fingerprint density at radius 3 is 2.39 bits per heavy atom. The van der Waals surface area contributed by atoms with Crippen LogP contribution in [0.1, 0.15) is 22.8 Å². The van der Waals surface area contributed by atoms with Crippen LogP contribution in [0, 0.1) is 5.82 Å². The van der Waals surface area contributed by atoms with E-state index in [4.69, 9.17) is 0 Å². The summed E-state index contributed by atoms with van der Waals surface area (Å²) >= 11 is 0. The van der Waals surface area contributed by atoms with Gasteiger partial charge in [0.1, 0.15) is 5.82 Å². The number of carbonyl (C=O) groups is 2. The summed E-state index contributed by atoms with van der Waals surface area (Å²) in [5, 5.41) is 5.19. The molecule has 23 heavy (non-hydrogen) atoms. The molecule has 2 amide bonds. The van der Waals surface area contributed by atoms with Crippen molar-refractivity contribution in [1.29, 1.82) is 0 Å². The minimum absolute atomic E-state index is 0.295. The first kappa shape index (κ1) is 16.4. The highest BCUT2D eigenvalue weighted by Crippen LogP contribution is 2.17. The highest BCUT2D eigenvalue weighted by atomic mass is 19.1. The molecule has 5 heteroatoms. The van der Waals surface area contributed by atoms with Gasteiger partial charge in [-0.3, -0.25) is 9.59 Å². The van der Waals surface area contributed by atoms with Gasteiger partial charge in [-0.2, -0.15) is 0 Å². The van der Waals surface area contributed by atoms with E-state index in [1.165, 1.54) is 19.2 Å². The smallest absolute Gasteiger partial charge is 0.253 e. The van der Waals surface area contributed by atoms with Crippen LogP contribution in [0.15, 0.2) is 54.1 Å². The van der Waals surface area contributed by atoms with Gasteiger partial charge in [-0.1, -0.05) is 30.3 Å². The Kier molecular flexibility index (Phi) is 5.25. The number of rotatable bonds is 4. The van der Waals surface area contributed by atoms with Crippen LogP contribution in [0.5, 0.6) is 0 Å². The van der Waals surface area contributed by atoms with Crippen molar-refractivity contribution >= 4 is 23.6 Å². The van der Waals surface area contributed by atoms with Crippen LogP contribution in [0.4, 0.5) is 10.1 Å². The first-order valence-electron chi connectivity index (χ1n) is 7.08. The molecule has 0 bridgehead atoms. The molecular formula is C18H17FN2O2. The Morgan fingerprint density at radius 1 is 1.04 bits per heavy atom. The Morgan fingerprint density at radius 2 is 1.70 bits per heavy atom. The number of halogens is 1. The lowest BCUT2D eigenvalue weighted by Gasteiger charge is -2.10. The first-order valence-corrected chi connectivity index (χ1v) is 7.08. The van der Waals surface area contributed by atoms with Crippen LogP contribution in [-0.2, 0) is 4.79 Å².